The van der Waals surface area contributed by atoms with Gasteiger partial charge in [-0.05, 0) is 10.4 Å². The van der Waals surface area contributed by atoms with Crippen LogP contribution in [0.3, 0.4) is 0 Å². The quantitative estimate of drug-likeness (QED) is 0.614. The summed E-state index contributed by atoms with van der Waals surface area (Å²) >= 11 is 0. The van der Waals surface area contributed by atoms with E-state index in [1.807, 2.05) is 0 Å². The van der Waals surface area contributed by atoms with E-state index in [2.05, 4.69) is 15.5 Å². The molecule has 1 amide bonds. The van der Waals surface area contributed by atoms with Crippen molar-refractivity contribution in [2.75, 3.05) is 13.6 Å². The van der Waals surface area contributed by atoms with Gasteiger partial charge in [0.05, 0.1) is 0 Å². The third kappa shape index (κ3) is 2.81. The summed E-state index contributed by atoms with van der Waals surface area (Å²) in [5.41, 5.74) is 0. The Morgan fingerprint density at radius 1 is 1.57 bits per heavy atom. The van der Waals surface area contributed by atoms with Gasteiger partial charge in [-0.1, -0.05) is 0 Å². The second kappa shape index (κ2) is 4.30. The normalized spacial score (nSPS) is 9.79. The van der Waals surface area contributed by atoms with Crippen LogP contribution < -0.4 is 0 Å². The van der Waals surface area contributed by atoms with Crippen molar-refractivity contribution in [3.63, 3.8) is 0 Å². The van der Waals surface area contributed by atoms with Crippen LogP contribution in [0, 0.1) is 0 Å². The topological polar surface area (TPSA) is 101 Å². The van der Waals surface area contributed by atoms with Gasteiger partial charge in [0, 0.05) is 7.05 Å². The Bertz CT molecular complexity index is 322. The molecule has 14 heavy (non-hydrogen) atoms. The van der Waals surface area contributed by atoms with E-state index in [1.54, 1.807) is 0 Å². The highest BCUT2D eigenvalue weighted by Crippen LogP contribution is 1.88. The first-order chi connectivity index (χ1) is 6.59. The monoisotopic (exact) mass is 199 g/mol. The number of carbonyl (C=O) groups is 2. The molecular formula is C6H9N5O3. The number of rotatable bonds is 4. The molecule has 0 radical (unpaired) electrons. The fraction of sp³-hybridized carbons (Fsp3) is 0.500. The van der Waals surface area contributed by atoms with E-state index in [9.17, 15) is 9.59 Å². The molecule has 0 bridgehead atoms. The summed E-state index contributed by atoms with van der Waals surface area (Å²) in [5, 5.41) is 18.6. The molecule has 1 N–H and O–H groups in total. The number of aromatic nitrogens is 4. The lowest BCUT2D eigenvalue weighted by Gasteiger charge is -2.13. The smallest absolute Gasteiger partial charge is 0.323 e. The number of carboxylic acid groups (broad SMARTS) is 1. The number of aliphatic carboxylic acids is 1. The van der Waals surface area contributed by atoms with E-state index in [-0.39, 0.29) is 19.0 Å². The first-order valence-electron chi connectivity index (χ1n) is 3.76. The van der Waals surface area contributed by atoms with Crippen molar-refractivity contribution in [2.24, 2.45) is 0 Å². The van der Waals surface area contributed by atoms with Crippen LogP contribution in [0.2, 0.25) is 0 Å². The number of amides is 1. The Morgan fingerprint density at radius 3 is 2.79 bits per heavy atom. The molecule has 1 aromatic rings. The first kappa shape index (κ1) is 10.1. The SMILES string of the molecule is CN(CC(=O)O)C(=O)Cn1cnnn1. The zero-order valence-electron chi connectivity index (χ0n) is 7.49. The summed E-state index contributed by atoms with van der Waals surface area (Å²) in [5.74, 6) is -1.42. The molecule has 1 rings (SSSR count). The largest absolute Gasteiger partial charge is 0.480 e. The molecular weight excluding hydrogens is 190 g/mol. The predicted octanol–water partition coefficient (Wildman–Crippen LogP) is -1.78. The van der Waals surface area contributed by atoms with Gasteiger partial charge in [-0.15, -0.1) is 5.10 Å². The number of carbonyl (C=O) groups excluding carboxylic acids is 1. The average Bonchev–Trinajstić information content (AvgIpc) is 2.55. The molecule has 0 fully saturated rings. The molecule has 8 nitrogen and oxygen atoms in total. The highest BCUT2D eigenvalue weighted by molar-refractivity contribution is 5.80. The maximum absolute atomic E-state index is 11.3. The van der Waals surface area contributed by atoms with Crippen molar-refractivity contribution < 1.29 is 14.7 Å². The van der Waals surface area contributed by atoms with Crippen molar-refractivity contribution in [3.8, 4) is 0 Å². The minimum absolute atomic E-state index is 0.0588. The zero-order valence-corrected chi connectivity index (χ0v) is 7.49. The molecule has 0 aliphatic heterocycles. The maximum Gasteiger partial charge on any atom is 0.323 e. The maximum atomic E-state index is 11.3. The Morgan fingerprint density at radius 2 is 2.29 bits per heavy atom. The van der Waals surface area contributed by atoms with Gasteiger partial charge in [0.25, 0.3) is 0 Å². The summed E-state index contributed by atoms with van der Waals surface area (Å²) < 4.78 is 1.22. The van der Waals surface area contributed by atoms with Crippen LogP contribution in [0.15, 0.2) is 6.33 Å². The van der Waals surface area contributed by atoms with Crippen molar-refractivity contribution in [1.82, 2.24) is 25.1 Å². The Hall–Kier alpha value is -1.99. The van der Waals surface area contributed by atoms with Crippen LogP contribution in [0.1, 0.15) is 0 Å². The van der Waals surface area contributed by atoms with Crippen LogP contribution in [0.4, 0.5) is 0 Å². The lowest BCUT2D eigenvalue weighted by atomic mass is 10.5. The predicted molar refractivity (Wildman–Crippen MR) is 43.1 cm³/mol. The standard InChI is InChI=1S/C6H9N5O3/c1-10(3-6(13)14)5(12)2-11-4-7-8-9-11/h4H,2-3H2,1H3,(H,13,14). The van der Waals surface area contributed by atoms with Crippen LogP contribution in [-0.2, 0) is 16.1 Å². The molecule has 0 aliphatic carbocycles. The minimum atomic E-state index is -1.06. The van der Waals surface area contributed by atoms with Gasteiger partial charge in [-0.25, -0.2) is 4.68 Å². The molecule has 0 aromatic carbocycles. The van der Waals surface area contributed by atoms with Gasteiger partial charge in [-0.3, -0.25) is 9.59 Å². The van der Waals surface area contributed by atoms with Gasteiger partial charge in [-0.2, -0.15) is 0 Å². The lowest BCUT2D eigenvalue weighted by molar-refractivity contribution is -0.143. The number of hydrogen-bond acceptors (Lipinski definition) is 5. The highest BCUT2D eigenvalue weighted by atomic mass is 16.4. The molecule has 0 spiro atoms. The van der Waals surface area contributed by atoms with E-state index < -0.39 is 5.97 Å². The van der Waals surface area contributed by atoms with Crippen molar-refractivity contribution in [3.05, 3.63) is 6.33 Å². The molecule has 0 aliphatic rings. The second-order valence-electron chi connectivity index (χ2n) is 2.65. The zero-order chi connectivity index (χ0) is 10.6. The number of carboxylic acids is 1. The fourth-order valence-corrected chi connectivity index (χ4v) is 0.803. The second-order valence-corrected chi connectivity index (χ2v) is 2.65. The number of hydrogen-bond donors (Lipinski definition) is 1. The first-order valence-corrected chi connectivity index (χ1v) is 3.76. The van der Waals surface area contributed by atoms with Gasteiger partial charge >= 0.3 is 5.97 Å². The molecule has 1 aromatic heterocycles. The van der Waals surface area contributed by atoms with E-state index in [4.69, 9.17) is 5.11 Å². The Balaban J connectivity index is 2.46. The average molecular weight is 199 g/mol. The highest BCUT2D eigenvalue weighted by Gasteiger charge is 2.12. The third-order valence-electron chi connectivity index (χ3n) is 1.49. The molecule has 8 heteroatoms. The Labute approximate surface area is 79.1 Å². The van der Waals surface area contributed by atoms with E-state index >= 15 is 0 Å². The van der Waals surface area contributed by atoms with Crippen molar-refractivity contribution in [1.29, 1.82) is 0 Å². The van der Waals surface area contributed by atoms with Crippen LogP contribution >= 0.6 is 0 Å². The summed E-state index contributed by atoms with van der Waals surface area (Å²) in [6.45, 7) is -0.391. The van der Waals surface area contributed by atoms with Gasteiger partial charge < -0.3 is 10.0 Å². The fourth-order valence-electron chi connectivity index (χ4n) is 0.803. The number of likely N-dealkylation sites (N-methyl/N-ethyl adjacent to an activating group) is 1. The molecule has 0 atom stereocenters. The van der Waals surface area contributed by atoms with Crippen LogP contribution in [0.25, 0.3) is 0 Å². The summed E-state index contributed by atoms with van der Waals surface area (Å²) in [6, 6.07) is 0. The summed E-state index contributed by atoms with van der Waals surface area (Å²) in [7, 11) is 1.40. The summed E-state index contributed by atoms with van der Waals surface area (Å²) in [6.07, 6.45) is 1.28. The molecule has 0 unspecified atom stereocenters. The summed E-state index contributed by atoms with van der Waals surface area (Å²) in [4.78, 5) is 22.7. The Kier molecular flexibility index (Phi) is 3.10. The van der Waals surface area contributed by atoms with Gasteiger partial charge in [0.1, 0.15) is 19.4 Å². The number of nitrogens with zero attached hydrogens (tertiary/aromatic N) is 5. The number of tetrazole rings is 1. The molecule has 0 saturated carbocycles. The minimum Gasteiger partial charge on any atom is -0.480 e. The van der Waals surface area contributed by atoms with Crippen molar-refractivity contribution >= 4 is 11.9 Å². The van der Waals surface area contributed by atoms with Crippen LogP contribution in [-0.4, -0.2) is 55.7 Å². The van der Waals surface area contributed by atoms with Gasteiger partial charge in [0.15, 0.2) is 0 Å². The lowest BCUT2D eigenvalue weighted by Crippen LogP contribution is -2.34. The van der Waals surface area contributed by atoms with E-state index in [1.165, 1.54) is 18.1 Å². The van der Waals surface area contributed by atoms with E-state index in [0.717, 1.165) is 4.90 Å². The third-order valence-corrected chi connectivity index (χ3v) is 1.49. The molecule has 0 saturated heterocycles. The van der Waals surface area contributed by atoms with E-state index in [0.29, 0.717) is 0 Å². The molecule has 76 valence electrons. The van der Waals surface area contributed by atoms with Crippen molar-refractivity contribution in [2.45, 2.75) is 6.54 Å². The molecule has 1 heterocycles. The van der Waals surface area contributed by atoms with Gasteiger partial charge in [0.2, 0.25) is 5.91 Å². The van der Waals surface area contributed by atoms with Crippen LogP contribution in [0.5, 0.6) is 0 Å².